The van der Waals surface area contributed by atoms with Crippen LogP contribution in [0.15, 0.2) is 35.9 Å². The molecule has 1 unspecified atom stereocenters. The van der Waals surface area contributed by atoms with E-state index in [1.807, 2.05) is 12.1 Å². The van der Waals surface area contributed by atoms with Gasteiger partial charge in [-0.15, -0.1) is 0 Å². The summed E-state index contributed by atoms with van der Waals surface area (Å²) in [5.74, 6) is 0.173. The van der Waals surface area contributed by atoms with Gasteiger partial charge in [-0.2, -0.15) is 0 Å². The van der Waals surface area contributed by atoms with Gasteiger partial charge in [0.2, 0.25) is 0 Å². The Kier molecular flexibility index (Phi) is 2.67. The van der Waals surface area contributed by atoms with Gasteiger partial charge in [0.25, 0.3) is 0 Å². The molecule has 2 rings (SSSR count). The molecule has 1 aromatic carbocycles. The second kappa shape index (κ2) is 3.95. The fourth-order valence-corrected chi connectivity index (χ4v) is 2.11. The Balaban J connectivity index is 2.26. The molecular weight excluding hydrogens is 175 g/mol. The van der Waals surface area contributed by atoms with Gasteiger partial charge in [-0.3, -0.25) is 0 Å². The van der Waals surface area contributed by atoms with Gasteiger partial charge in [0.15, 0.2) is 0 Å². The van der Waals surface area contributed by atoms with Gasteiger partial charge in [-0.1, -0.05) is 36.8 Å². The summed E-state index contributed by atoms with van der Waals surface area (Å²) in [5.41, 5.74) is 2.23. The molecule has 1 aliphatic rings. The first-order chi connectivity index (χ1) is 6.79. The molecule has 0 amide bonds. The molecule has 0 N–H and O–H groups in total. The molecule has 1 aliphatic carbocycles. The summed E-state index contributed by atoms with van der Waals surface area (Å²) >= 11 is 0. The molecule has 0 aromatic heterocycles. The monoisotopic (exact) mass is 190 g/mol. The van der Waals surface area contributed by atoms with Crippen LogP contribution in [-0.2, 0) is 0 Å². The average molecular weight is 190 g/mol. The Morgan fingerprint density at radius 2 is 2.07 bits per heavy atom. The number of halogens is 1. The van der Waals surface area contributed by atoms with Crippen LogP contribution in [0.1, 0.15) is 37.7 Å². The maximum atomic E-state index is 13.5. The number of hydrogen-bond donors (Lipinski definition) is 0. The first-order valence-corrected chi connectivity index (χ1v) is 5.22. The summed E-state index contributed by atoms with van der Waals surface area (Å²) in [5, 5.41) is 0. The summed E-state index contributed by atoms with van der Waals surface area (Å²) in [6, 6.07) is 7.08. The third-order valence-electron chi connectivity index (χ3n) is 3.00. The third-order valence-corrected chi connectivity index (χ3v) is 3.00. The molecule has 0 heterocycles. The zero-order chi connectivity index (χ0) is 9.97. The van der Waals surface area contributed by atoms with Gasteiger partial charge in [-0.05, 0) is 30.9 Å². The summed E-state index contributed by atoms with van der Waals surface area (Å²) < 4.78 is 13.5. The lowest BCUT2D eigenvalue weighted by molar-refractivity contribution is 0.599. The summed E-state index contributed by atoms with van der Waals surface area (Å²) in [4.78, 5) is 0. The SMILES string of the molecule is CC(C1=CCCC1)c1ccccc1F. The zero-order valence-electron chi connectivity index (χ0n) is 8.46. The molecule has 0 radical (unpaired) electrons. The number of benzene rings is 1. The highest BCUT2D eigenvalue weighted by atomic mass is 19.1. The first kappa shape index (κ1) is 9.45. The highest BCUT2D eigenvalue weighted by Crippen LogP contribution is 2.32. The minimum absolute atomic E-state index is 0.0761. The lowest BCUT2D eigenvalue weighted by Crippen LogP contribution is -1.99. The summed E-state index contributed by atoms with van der Waals surface area (Å²) in [6.07, 6.45) is 5.79. The molecule has 0 aliphatic heterocycles. The molecule has 0 spiro atoms. The predicted octanol–water partition coefficient (Wildman–Crippen LogP) is 4.04. The van der Waals surface area contributed by atoms with Crippen LogP contribution in [-0.4, -0.2) is 0 Å². The van der Waals surface area contributed by atoms with Crippen LogP contribution < -0.4 is 0 Å². The van der Waals surface area contributed by atoms with E-state index in [1.54, 1.807) is 12.1 Å². The first-order valence-electron chi connectivity index (χ1n) is 5.22. The molecule has 0 fully saturated rings. The molecule has 14 heavy (non-hydrogen) atoms. The Labute approximate surface area is 84.5 Å². The molecule has 1 atom stereocenters. The van der Waals surface area contributed by atoms with Crippen molar-refractivity contribution in [3.63, 3.8) is 0 Å². The number of hydrogen-bond acceptors (Lipinski definition) is 0. The van der Waals surface area contributed by atoms with E-state index in [9.17, 15) is 4.39 Å². The minimum atomic E-state index is -0.0761. The van der Waals surface area contributed by atoms with Crippen LogP contribution >= 0.6 is 0 Å². The maximum Gasteiger partial charge on any atom is 0.126 e. The van der Waals surface area contributed by atoms with Crippen molar-refractivity contribution in [3.05, 3.63) is 47.3 Å². The number of allylic oxidation sites excluding steroid dienone is 2. The fraction of sp³-hybridized carbons (Fsp3) is 0.385. The van der Waals surface area contributed by atoms with Crippen molar-refractivity contribution >= 4 is 0 Å². The third kappa shape index (κ3) is 1.72. The highest BCUT2D eigenvalue weighted by Gasteiger charge is 2.16. The van der Waals surface area contributed by atoms with Crippen molar-refractivity contribution in [2.75, 3.05) is 0 Å². The van der Waals surface area contributed by atoms with Gasteiger partial charge in [-0.25, -0.2) is 4.39 Å². The Bertz CT molecular complexity index is 352. The van der Waals surface area contributed by atoms with E-state index >= 15 is 0 Å². The molecular formula is C13H15F. The van der Waals surface area contributed by atoms with Crippen LogP contribution in [0.4, 0.5) is 4.39 Å². The Hall–Kier alpha value is -1.11. The standard InChI is InChI=1S/C13H15F/c1-10(11-6-2-3-7-11)12-8-4-5-9-13(12)14/h4-6,8-10H,2-3,7H2,1H3. The van der Waals surface area contributed by atoms with Crippen LogP contribution in [0.2, 0.25) is 0 Å². The Morgan fingerprint density at radius 3 is 2.71 bits per heavy atom. The molecule has 1 heteroatoms. The second-order valence-corrected chi connectivity index (χ2v) is 3.91. The van der Waals surface area contributed by atoms with E-state index in [0.717, 1.165) is 18.4 Å². The van der Waals surface area contributed by atoms with E-state index in [-0.39, 0.29) is 11.7 Å². The van der Waals surface area contributed by atoms with Crippen molar-refractivity contribution in [2.45, 2.75) is 32.1 Å². The van der Waals surface area contributed by atoms with Gasteiger partial charge < -0.3 is 0 Å². The van der Waals surface area contributed by atoms with E-state index in [2.05, 4.69) is 13.0 Å². The van der Waals surface area contributed by atoms with E-state index in [1.165, 1.54) is 12.0 Å². The van der Waals surface area contributed by atoms with Crippen LogP contribution in [0, 0.1) is 5.82 Å². The van der Waals surface area contributed by atoms with E-state index in [4.69, 9.17) is 0 Å². The molecule has 0 saturated carbocycles. The molecule has 1 aromatic rings. The van der Waals surface area contributed by atoms with Crippen molar-refractivity contribution in [1.82, 2.24) is 0 Å². The number of rotatable bonds is 2. The summed E-state index contributed by atoms with van der Waals surface area (Å²) in [7, 11) is 0. The Morgan fingerprint density at radius 1 is 1.29 bits per heavy atom. The van der Waals surface area contributed by atoms with Gasteiger partial charge in [0.1, 0.15) is 5.82 Å². The largest absolute Gasteiger partial charge is 0.207 e. The van der Waals surface area contributed by atoms with Crippen molar-refractivity contribution in [1.29, 1.82) is 0 Å². The van der Waals surface area contributed by atoms with E-state index < -0.39 is 0 Å². The van der Waals surface area contributed by atoms with Crippen LogP contribution in [0.25, 0.3) is 0 Å². The van der Waals surface area contributed by atoms with Gasteiger partial charge in [0, 0.05) is 5.92 Å². The van der Waals surface area contributed by atoms with Crippen molar-refractivity contribution < 1.29 is 4.39 Å². The molecule has 0 nitrogen and oxygen atoms in total. The van der Waals surface area contributed by atoms with Crippen molar-refractivity contribution in [2.24, 2.45) is 0 Å². The molecule has 0 bridgehead atoms. The summed E-state index contributed by atoms with van der Waals surface area (Å²) in [6.45, 7) is 2.09. The average Bonchev–Trinajstić information content (AvgIpc) is 2.70. The normalized spacial score (nSPS) is 18.0. The second-order valence-electron chi connectivity index (χ2n) is 3.91. The van der Waals surface area contributed by atoms with Crippen LogP contribution in [0.3, 0.4) is 0 Å². The zero-order valence-corrected chi connectivity index (χ0v) is 8.46. The lowest BCUT2D eigenvalue weighted by atomic mass is 9.92. The maximum absolute atomic E-state index is 13.5. The predicted molar refractivity (Wildman–Crippen MR) is 56.7 cm³/mol. The van der Waals surface area contributed by atoms with Gasteiger partial charge in [0.05, 0.1) is 0 Å². The smallest absolute Gasteiger partial charge is 0.126 e. The lowest BCUT2D eigenvalue weighted by Gasteiger charge is -2.13. The van der Waals surface area contributed by atoms with Crippen LogP contribution in [0.5, 0.6) is 0 Å². The molecule has 0 saturated heterocycles. The quantitative estimate of drug-likeness (QED) is 0.617. The van der Waals surface area contributed by atoms with E-state index in [0.29, 0.717) is 0 Å². The van der Waals surface area contributed by atoms with Gasteiger partial charge >= 0.3 is 0 Å². The fourth-order valence-electron chi connectivity index (χ4n) is 2.11. The topological polar surface area (TPSA) is 0 Å². The highest BCUT2D eigenvalue weighted by molar-refractivity contribution is 5.30. The minimum Gasteiger partial charge on any atom is -0.207 e. The molecule has 74 valence electrons. The van der Waals surface area contributed by atoms with Crippen molar-refractivity contribution in [3.8, 4) is 0 Å².